The topological polar surface area (TPSA) is 78.7 Å². The number of alkyl halides is 3. The van der Waals surface area contributed by atoms with Gasteiger partial charge in [0.25, 0.3) is 5.56 Å². The number of rotatable bonds is 3. The van der Waals surface area contributed by atoms with Crippen molar-refractivity contribution in [3.05, 3.63) is 85.6 Å². The van der Waals surface area contributed by atoms with E-state index in [1.54, 1.807) is 0 Å². The summed E-state index contributed by atoms with van der Waals surface area (Å²) in [7, 11) is 0. The summed E-state index contributed by atoms with van der Waals surface area (Å²) in [5.74, 6) is -17.9. The van der Waals surface area contributed by atoms with Crippen LogP contribution in [-0.2, 0) is 6.18 Å². The van der Waals surface area contributed by atoms with Crippen LogP contribution in [0.25, 0.3) is 5.69 Å². The van der Waals surface area contributed by atoms with Crippen molar-refractivity contribution in [2.75, 3.05) is 0 Å². The van der Waals surface area contributed by atoms with Gasteiger partial charge in [-0.2, -0.15) is 18.4 Å². The molecule has 0 amide bonds. The number of nitriles is 1. The zero-order chi connectivity index (χ0) is 25.0. The smallest absolute Gasteiger partial charge is 0.288 e. The fourth-order valence-corrected chi connectivity index (χ4v) is 2.76. The Labute approximate surface area is 174 Å². The van der Waals surface area contributed by atoms with E-state index < -0.39 is 91.0 Å². The van der Waals surface area contributed by atoms with Gasteiger partial charge in [-0.1, -0.05) is 0 Å². The lowest BCUT2D eigenvalue weighted by molar-refractivity contribution is -0.141. The molecule has 0 bridgehead atoms. The van der Waals surface area contributed by atoms with Crippen molar-refractivity contribution in [2.45, 2.75) is 6.18 Å². The van der Waals surface area contributed by atoms with Crippen LogP contribution in [0.5, 0.6) is 0 Å². The van der Waals surface area contributed by atoms with Crippen LogP contribution in [0, 0.1) is 52.1 Å². The molecule has 0 unspecified atom stereocenters. The minimum Gasteiger partial charge on any atom is -0.288 e. The van der Waals surface area contributed by atoms with Gasteiger partial charge in [0.1, 0.15) is 22.9 Å². The van der Waals surface area contributed by atoms with E-state index in [9.17, 15) is 53.5 Å². The predicted molar refractivity (Wildman–Crippen MR) is 85.7 cm³/mol. The molecule has 5 nitrogen and oxygen atoms in total. The summed E-state index contributed by atoms with van der Waals surface area (Å²) in [6.45, 7) is 0. The number of aromatic nitrogens is 2. The molecule has 3 rings (SSSR count). The summed E-state index contributed by atoms with van der Waals surface area (Å²) >= 11 is 0. The second-order valence-corrected chi connectivity index (χ2v) is 6.17. The number of ketones is 1. The molecule has 3 aromatic rings. The zero-order valence-corrected chi connectivity index (χ0v) is 15.1. The molecule has 1 aromatic heterocycles. The first-order valence-corrected chi connectivity index (χ1v) is 8.10. The Morgan fingerprint density at radius 2 is 1.36 bits per heavy atom. The molecule has 0 saturated carbocycles. The summed E-state index contributed by atoms with van der Waals surface area (Å²) in [4.78, 5) is 24.9. The molecule has 172 valence electrons. The van der Waals surface area contributed by atoms with Crippen molar-refractivity contribution in [3.63, 3.8) is 0 Å². The van der Waals surface area contributed by atoms with Gasteiger partial charge in [0, 0.05) is 5.56 Å². The molecule has 33 heavy (non-hydrogen) atoms. The van der Waals surface area contributed by atoms with Crippen molar-refractivity contribution in [3.8, 4) is 11.8 Å². The third-order valence-electron chi connectivity index (χ3n) is 4.22. The average molecular weight is 483 g/mol. The highest BCUT2D eigenvalue weighted by molar-refractivity contribution is 6.09. The number of hydrogen-bond acceptors (Lipinski definition) is 3. The molecule has 0 spiro atoms. The molecular weight excluding hydrogens is 480 g/mol. The van der Waals surface area contributed by atoms with E-state index in [4.69, 9.17) is 5.26 Å². The first kappa shape index (κ1) is 23.6. The summed E-state index contributed by atoms with van der Waals surface area (Å²) in [6.07, 6.45) is -5.65. The van der Waals surface area contributed by atoms with E-state index in [1.165, 1.54) is 0 Å². The van der Waals surface area contributed by atoms with Crippen LogP contribution in [0.3, 0.4) is 0 Å². The molecule has 2 aromatic carbocycles. The number of aromatic amines is 1. The first-order valence-electron chi connectivity index (χ1n) is 8.10. The highest BCUT2D eigenvalue weighted by atomic mass is 19.4. The van der Waals surface area contributed by atoms with Crippen LogP contribution in [-0.4, -0.2) is 15.6 Å². The van der Waals surface area contributed by atoms with Crippen molar-refractivity contribution < 1.29 is 48.7 Å². The van der Waals surface area contributed by atoms with Crippen LogP contribution in [0.15, 0.2) is 16.9 Å². The number of H-pyrrole nitrogens is 1. The number of halogens is 10. The Morgan fingerprint density at radius 1 is 0.879 bits per heavy atom. The van der Waals surface area contributed by atoms with E-state index >= 15 is 0 Å². The molecule has 1 N–H and O–H groups in total. The van der Waals surface area contributed by atoms with Crippen LogP contribution >= 0.6 is 0 Å². The second kappa shape index (κ2) is 7.80. The third-order valence-corrected chi connectivity index (χ3v) is 4.22. The quantitative estimate of drug-likeness (QED) is 0.262. The fraction of sp³-hybridized carbons (Fsp3) is 0.0556. The molecule has 0 aliphatic rings. The number of carbonyl (C=O) groups excluding carboxylic acids is 1. The first-order chi connectivity index (χ1) is 15.2. The minimum absolute atomic E-state index is 0.0557. The summed E-state index contributed by atoms with van der Waals surface area (Å²) in [6, 6.07) is 0.659. The molecule has 0 aliphatic carbocycles. The Hall–Kier alpha value is -4.09. The van der Waals surface area contributed by atoms with E-state index in [2.05, 4.69) is 0 Å². The summed E-state index contributed by atoms with van der Waals surface area (Å²) in [5, 5.41) is 9.63. The van der Waals surface area contributed by atoms with Gasteiger partial charge >= 0.3 is 6.18 Å². The van der Waals surface area contributed by atoms with Gasteiger partial charge in [-0.05, 0) is 12.1 Å². The Bertz CT molecular complexity index is 1380. The van der Waals surface area contributed by atoms with Crippen LogP contribution in [0.1, 0.15) is 27.2 Å². The SMILES string of the molecule is N#Cc1c(F)c(F)c(-n2[nH]c(C(F)(F)F)c(C(=O)c3cc(F)c(F)c(F)c3)c2=O)c(F)c1F. The third kappa shape index (κ3) is 3.62. The van der Waals surface area contributed by atoms with Gasteiger partial charge in [-0.15, -0.1) is 0 Å². The normalized spacial score (nSPS) is 11.5. The van der Waals surface area contributed by atoms with Crippen molar-refractivity contribution in [1.82, 2.24) is 9.78 Å². The molecular formula is C18H3F10N3O2. The molecule has 1 heterocycles. The lowest BCUT2D eigenvalue weighted by atomic mass is 10.0. The number of benzene rings is 2. The molecule has 15 heteroatoms. The van der Waals surface area contributed by atoms with E-state index in [1.807, 2.05) is 0 Å². The number of carbonyl (C=O) groups is 1. The van der Waals surface area contributed by atoms with Gasteiger partial charge in [0.05, 0.1) is 0 Å². The molecule has 0 saturated heterocycles. The van der Waals surface area contributed by atoms with Crippen molar-refractivity contribution >= 4 is 5.78 Å². The summed E-state index contributed by atoms with van der Waals surface area (Å²) in [5.41, 5.74) is -11.7. The standard InChI is InChI=1S/C18H3F10N3O2/c19-6-1-4(2-7(20)11(6)23)15(32)8-16(18(26,27)28)30-31(17(8)33)14-12(24)9(21)5(3-29)10(22)13(14)25/h1-2,30H. The van der Waals surface area contributed by atoms with Gasteiger partial charge in [-0.3, -0.25) is 14.7 Å². The Balaban J connectivity index is 2.39. The second-order valence-electron chi connectivity index (χ2n) is 6.17. The maximum Gasteiger partial charge on any atom is 0.433 e. The Morgan fingerprint density at radius 3 is 1.79 bits per heavy atom. The average Bonchev–Trinajstić information content (AvgIpc) is 3.07. The maximum atomic E-state index is 14.2. The lowest BCUT2D eigenvalue weighted by Gasteiger charge is -2.09. The highest BCUT2D eigenvalue weighted by Gasteiger charge is 2.42. The van der Waals surface area contributed by atoms with E-state index in [0.717, 1.165) is 11.2 Å². The number of nitrogens with zero attached hydrogens (tertiary/aromatic N) is 2. The molecule has 0 radical (unpaired) electrons. The van der Waals surface area contributed by atoms with E-state index in [-0.39, 0.29) is 12.1 Å². The predicted octanol–water partition coefficient (Wildman–Crippen LogP) is 4.26. The van der Waals surface area contributed by atoms with Gasteiger partial charge in [0.2, 0.25) is 5.78 Å². The van der Waals surface area contributed by atoms with Crippen LogP contribution in [0.4, 0.5) is 43.9 Å². The highest BCUT2D eigenvalue weighted by Crippen LogP contribution is 2.32. The van der Waals surface area contributed by atoms with Gasteiger partial charge in [0.15, 0.2) is 46.4 Å². The molecule has 0 aliphatic heterocycles. The van der Waals surface area contributed by atoms with Crippen LogP contribution in [0.2, 0.25) is 0 Å². The van der Waals surface area contributed by atoms with Gasteiger partial charge < -0.3 is 0 Å². The van der Waals surface area contributed by atoms with Crippen LogP contribution < -0.4 is 5.56 Å². The van der Waals surface area contributed by atoms with Gasteiger partial charge in [-0.25, -0.2) is 35.4 Å². The fourth-order valence-electron chi connectivity index (χ4n) is 2.76. The van der Waals surface area contributed by atoms with Crippen molar-refractivity contribution in [2.24, 2.45) is 0 Å². The minimum atomic E-state index is -5.65. The Kier molecular flexibility index (Phi) is 5.57. The number of hydrogen-bond donors (Lipinski definition) is 1. The number of nitrogens with one attached hydrogen (secondary N) is 1. The zero-order valence-electron chi connectivity index (χ0n) is 15.1. The van der Waals surface area contributed by atoms with E-state index in [0.29, 0.717) is 0 Å². The molecule has 0 atom stereocenters. The largest absolute Gasteiger partial charge is 0.433 e. The van der Waals surface area contributed by atoms with Crippen molar-refractivity contribution in [1.29, 1.82) is 5.26 Å². The summed E-state index contributed by atoms with van der Waals surface area (Å²) < 4.78 is 136. The molecule has 0 fully saturated rings. The monoisotopic (exact) mass is 483 g/mol. The maximum absolute atomic E-state index is 14.2. The lowest BCUT2D eigenvalue weighted by Crippen LogP contribution is -2.24.